The largest absolute Gasteiger partial charge is 0.324 e. The maximum Gasteiger partial charge on any atom is 0.321 e. The Labute approximate surface area is 123 Å². The second-order valence-corrected chi connectivity index (χ2v) is 5.54. The van der Waals surface area contributed by atoms with E-state index in [1.165, 1.54) is 12.1 Å². The number of carbonyl (C=O) groups excluding carboxylic acids is 1. The fraction of sp³-hybridized carbons (Fsp3) is 0.500. The molecule has 1 aromatic rings. The lowest BCUT2D eigenvalue weighted by Crippen LogP contribution is -2.52. The van der Waals surface area contributed by atoms with Crippen molar-refractivity contribution in [2.45, 2.75) is 25.3 Å². The first-order valence-electron chi connectivity index (χ1n) is 6.93. The van der Waals surface area contributed by atoms with Gasteiger partial charge in [-0.25, -0.2) is 4.79 Å². The summed E-state index contributed by atoms with van der Waals surface area (Å²) in [6.45, 7) is 3.47. The topological polar surface area (TPSA) is 87.5 Å². The van der Waals surface area contributed by atoms with Crippen LogP contribution < -0.4 is 10.6 Å². The Balaban J connectivity index is 1.96. The third-order valence-corrected chi connectivity index (χ3v) is 4.07. The van der Waals surface area contributed by atoms with E-state index in [2.05, 4.69) is 17.6 Å². The predicted molar refractivity (Wildman–Crippen MR) is 80.4 cm³/mol. The molecule has 0 saturated carbocycles. The number of piperidine rings is 1. The average Bonchev–Trinajstić information content (AvgIpc) is 2.48. The summed E-state index contributed by atoms with van der Waals surface area (Å²) >= 11 is 0. The zero-order valence-electron chi connectivity index (χ0n) is 12.3. The van der Waals surface area contributed by atoms with E-state index in [4.69, 9.17) is 0 Å². The van der Waals surface area contributed by atoms with Crippen molar-refractivity contribution in [2.24, 2.45) is 0 Å². The number of hydrogen-bond donors (Lipinski definition) is 2. The van der Waals surface area contributed by atoms with E-state index >= 15 is 0 Å². The molecule has 114 valence electrons. The van der Waals surface area contributed by atoms with Crippen molar-refractivity contribution in [3.63, 3.8) is 0 Å². The molecule has 2 rings (SSSR count). The fourth-order valence-corrected chi connectivity index (χ4v) is 2.35. The van der Waals surface area contributed by atoms with Crippen molar-refractivity contribution < 1.29 is 9.72 Å². The molecular formula is C14H20N4O3. The highest BCUT2D eigenvalue weighted by Gasteiger charge is 2.30. The predicted octanol–water partition coefficient (Wildman–Crippen LogP) is 2.20. The van der Waals surface area contributed by atoms with Gasteiger partial charge in [0.25, 0.3) is 5.69 Å². The Bertz CT molecular complexity index is 539. The number of nitrogens with zero attached hydrogens (tertiary/aromatic N) is 2. The van der Waals surface area contributed by atoms with Crippen LogP contribution in [0.1, 0.15) is 19.8 Å². The van der Waals surface area contributed by atoms with Crippen LogP contribution in [0.2, 0.25) is 0 Å². The molecule has 0 unspecified atom stereocenters. The van der Waals surface area contributed by atoms with Crippen LogP contribution in [0, 0.1) is 10.1 Å². The van der Waals surface area contributed by atoms with Gasteiger partial charge in [-0.15, -0.1) is 0 Å². The molecule has 0 aliphatic carbocycles. The number of benzene rings is 1. The van der Waals surface area contributed by atoms with Crippen molar-refractivity contribution in [1.29, 1.82) is 0 Å². The van der Waals surface area contributed by atoms with Crippen molar-refractivity contribution >= 4 is 17.4 Å². The molecule has 1 heterocycles. The monoisotopic (exact) mass is 292 g/mol. The number of rotatable bonds is 3. The van der Waals surface area contributed by atoms with Gasteiger partial charge in [-0.2, -0.15) is 0 Å². The SMILES string of the molecule is CNC1(C)CCN(C(=O)Nc2cccc([N+](=O)[O-])c2)CC1. The minimum Gasteiger partial charge on any atom is -0.324 e. The van der Waals surface area contributed by atoms with E-state index < -0.39 is 4.92 Å². The first-order valence-corrected chi connectivity index (χ1v) is 6.93. The van der Waals surface area contributed by atoms with Gasteiger partial charge in [-0.3, -0.25) is 10.1 Å². The zero-order valence-corrected chi connectivity index (χ0v) is 12.3. The summed E-state index contributed by atoms with van der Waals surface area (Å²) in [4.78, 5) is 24.2. The lowest BCUT2D eigenvalue weighted by molar-refractivity contribution is -0.384. The molecule has 1 aromatic carbocycles. The number of non-ortho nitro benzene ring substituents is 1. The van der Waals surface area contributed by atoms with Gasteiger partial charge >= 0.3 is 6.03 Å². The third kappa shape index (κ3) is 3.69. The van der Waals surface area contributed by atoms with Crippen LogP contribution in [-0.2, 0) is 0 Å². The Hall–Kier alpha value is -2.15. The third-order valence-electron chi connectivity index (χ3n) is 4.07. The van der Waals surface area contributed by atoms with Gasteiger partial charge in [0.1, 0.15) is 0 Å². The highest BCUT2D eigenvalue weighted by molar-refractivity contribution is 5.89. The molecule has 0 atom stereocenters. The van der Waals surface area contributed by atoms with Crippen molar-refractivity contribution in [3.8, 4) is 0 Å². The van der Waals surface area contributed by atoms with Gasteiger partial charge in [-0.1, -0.05) is 6.07 Å². The van der Waals surface area contributed by atoms with Crippen LogP contribution in [0.3, 0.4) is 0 Å². The van der Waals surface area contributed by atoms with Gasteiger partial charge < -0.3 is 15.5 Å². The van der Waals surface area contributed by atoms with Crippen LogP contribution in [0.25, 0.3) is 0 Å². The molecule has 2 amide bonds. The second-order valence-electron chi connectivity index (χ2n) is 5.54. The number of hydrogen-bond acceptors (Lipinski definition) is 4. The van der Waals surface area contributed by atoms with Crippen molar-refractivity contribution in [1.82, 2.24) is 10.2 Å². The Morgan fingerprint density at radius 3 is 2.62 bits per heavy atom. The summed E-state index contributed by atoms with van der Waals surface area (Å²) in [5, 5.41) is 16.7. The number of anilines is 1. The standard InChI is InChI=1S/C14H20N4O3/c1-14(15-2)6-8-17(9-7-14)13(19)16-11-4-3-5-12(10-11)18(20)21/h3-5,10,15H,6-9H2,1-2H3,(H,16,19). The Morgan fingerprint density at radius 1 is 1.38 bits per heavy atom. The van der Waals surface area contributed by atoms with E-state index in [0.29, 0.717) is 18.8 Å². The first-order chi connectivity index (χ1) is 9.93. The molecule has 7 heteroatoms. The van der Waals surface area contributed by atoms with E-state index in [-0.39, 0.29) is 17.3 Å². The Kier molecular flexibility index (Phi) is 4.42. The molecule has 0 spiro atoms. The van der Waals surface area contributed by atoms with E-state index in [0.717, 1.165) is 12.8 Å². The van der Waals surface area contributed by atoms with Crippen LogP contribution in [0.15, 0.2) is 24.3 Å². The molecule has 0 radical (unpaired) electrons. The van der Waals surface area contributed by atoms with E-state index in [1.807, 2.05) is 7.05 Å². The molecule has 1 aliphatic rings. The summed E-state index contributed by atoms with van der Waals surface area (Å²) in [6, 6.07) is 5.75. The lowest BCUT2D eigenvalue weighted by Gasteiger charge is -2.39. The number of nitro groups is 1. The van der Waals surface area contributed by atoms with Gasteiger partial charge in [0, 0.05) is 36.4 Å². The van der Waals surface area contributed by atoms with E-state index in [1.54, 1.807) is 17.0 Å². The molecule has 21 heavy (non-hydrogen) atoms. The Morgan fingerprint density at radius 2 is 2.05 bits per heavy atom. The smallest absolute Gasteiger partial charge is 0.321 e. The van der Waals surface area contributed by atoms with Gasteiger partial charge in [0.15, 0.2) is 0 Å². The lowest BCUT2D eigenvalue weighted by atomic mass is 9.90. The molecule has 1 aliphatic heterocycles. The minimum absolute atomic E-state index is 0.0331. The van der Waals surface area contributed by atoms with Crippen LogP contribution in [-0.4, -0.2) is 41.5 Å². The fourth-order valence-electron chi connectivity index (χ4n) is 2.35. The highest BCUT2D eigenvalue weighted by Crippen LogP contribution is 2.22. The number of nitro benzene ring substituents is 1. The average molecular weight is 292 g/mol. The summed E-state index contributed by atoms with van der Waals surface area (Å²) in [6.07, 6.45) is 1.76. The number of nitrogens with one attached hydrogen (secondary N) is 2. The van der Waals surface area contributed by atoms with Crippen LogP contribution in [0.5, 0.6) is 0 Å². The maximum absolute atomic E-state index is 12.2. The number of likely N-dealkylation sites (tertiary alicyclic amines) is 1. The molecular weight excluding hydrogens is 272 g/mol. The first kappa shape index (κ1) is 15.2. The van der Waals surface area contributed by atoms with Gasteiger partial charge in [-0.05, 0) is 32.9 Å². The molecule has 1 fully saturated rings. The van der Waals surface area contributed by atoms with Crippen LogP contribution in [0.4, 0.5) is 16.2 Å². The second kappa shape index (κ2) is 6.09. The van der Waals surface area contributed by atoms with Crippen molar-refractivity contribution in [3.05, 3.63) is 34.4 Å². The van der Waals surface area contributed by atoms with Gasteiger partial charge in [0.2, 0.25) is 0 Å². The molecule has 7 nitrogen and oxygen atoms in total. The quantitative estimate of drug-likeness (QED) is 0.660. The summed E-state index contributed by atoms with van der Waals surface area (Å²) in [5.41, 5.74) is 0.479. The molecule has 1 saturated heterocycles. The number of carbonyl (C=O) groups is 1. The highest BCUT2D eigenvalue weighted by atomic mass is 16.6. The maximum atomic E-state index is 12.2. The van der Waals surface area contributed by atoms with Gasteiger partial charge in [0.05, 0.1) is 4.92 Å². The number of urea groups is 1. The molecule has 0 bridgehead atoms. The van der Waals surface area contributed by atoms with Crippen molar-refractivity contribution in [2.75, 3.05) is 25.5 Å². The summed E-state index contributed by atoms with van der Waals surface area (Å²) in [5.74, 6) is 0. The normalized spacial score (nSPS) is 17.3. The summed E-state index contributed by atoms with van der Waals surface area (Å²) in [7, 11) is 1.93. The molecule has 2 N–H and O–H groups in total. The minimum atomic E-state index is -0.477. The molecule has 0 aromatic heterocycles. The van der Waals surface area contributed by atoms with Crippen LogP contribution >= 0.6 is 0 Å². The number of amides is 2. The zero-order chi connectivity index (χ0) is 15.5. The summed E-state index contributed by atoms with van der Waals surface area (Å²) < 4.78 is 0. The van der Waals surface area contributed by atoms with E-state index in [9.17, 15) is 14.9 Å².